The quantitative estimate of drug-likeness (QED) is 0.728. The number of pyridine rings is 1. The fourth-order valence-corrected chi connectivity index (χ4v) is 2.29. The second-order valence-electron chi connectivity index (χ2n) is 4.76. The highest BCUT2D eigenvalue weighted by Crippen LogP contribution is 2.21. The molecule has 1 heterocycles. The molecule has 3 rings (SSSR count). The number of hydrogen-bond acceptors (Lipinski definition) is 4. The summed E-state index contributed by atoms with van der Waals surface area (Å²) in [7, 11) is 1.33. The molecular weight excluding hydrogens is 280 g/mol. The highest BCUT2D eigenvalue weighted by atomic mass is 16.5. The number of hydrogen-bond donors (Lipinski definition) is 2. The van der Waals surface area contributed by atoms with Crippen molar-refractivity contribution in [3.63, 3.8) is 0 Å². The Hall–Kier alpha value is -3.08. The summed E-state index contributed by atoms with van der Waals surface area (Å²) in [5, 5.41) is 3.68. The number of carbonyl (C=O) groups is 1. The standard InChI is InChI=1S/C17H14N2O3/c1-22-17(21)12-7-3-5-9-14(12)19-16-10-15(20)11-6-2-4-8-13(11)18-16/h2-10H,1H3,(H2,18,19,20). The molecule has 5 heteroatoms. The molecule has 110 valence electrons. The molecule has 0 aliphatic heterocycles. The van der Waals surface area contributed by atoms with E-state index in [2.05, 4.69) is 10.3 Å². The van der Waals surface area contributed by atoms with E-state index in [1.54, 1.807) is 30.3 Å². The van der Waals surface area contributed by atoms with E-state index in [0.717, 1.165) is 5.52 Å². The van der Waals surface area contributed by atoms with E-state index in [9.17, 15) is 9.59 Å². The van der Waals surface area contributed by atoms with Crippen molar-refractivity contribution in [3.8, 4) is 0 Å². The van der Waals surface area contributed by atoms with Gasteiger partial charge < -0.3 is 15.0 Å². The molecule has 0 saturated carbocycles. The van der Waals surface area contributed by atoms with Gasteiger partial charge in [-0.1, -0.05) is 24.3 Å². The molecule has 0 fully saturated rings. The van der Waals surface area contributed by atoms with Crippen LogP contribution in [0.2, 0.25) is 0 Å². The molecule has 0 aliphatic rings. The Morgan fingerprint density at radius 1 is 1.09 bits per heavy atom. The third kappa shape index (κ3) is 2.56. The second kappa shape index (κ2) is 5.73. The van der Waals surface area contributed by atoms with Crippen LogP contribution >= 0.6 is 0 Å². The van der Waals surface area contributed by atoms with E-state index in [4.69, 9.17) is 4.74 Å². The molecule has 0 radical (unpaired) electrons. The maximum absolute atomic E-state index is 12.1. The minimum absolute atomic E-state index is 0.0904. The lowest BCUT2D eigenvalue weighted by Crippen LogP contribution is -2.08. The van der Waals surface area contributed by atoms with Crippen LogP contribution in [0, 0.1) is 0 Å². The Balaban J connectivity index is 2.04. The summed E-state index contributed by atoms with van der Waals surface area (Å²) in [5.74, 6) is 0.0753. The number of aromatic nitrogens is 1. The number of ether oxygens (including phenoxy) is 1. The Morgan fingerprint density at radius 2 is 1.82 bits per heavy atom. The van der Waals surface area contributed by atoms with Crippen LogP contribution in [0.15, 0.2) is 59.4 Å². The average Bonchev–Trinajstić information content (AvgIpc) is 2.55. The maximum Gasteiger partial charge on any atom is 0.339 e. The summed E-state index contributed by atoms with van der Waals surface area (Å²) < 4.78 is 4.76. The van der Waals surface area contributed by atoms with Gasteiger partial charge in [-0.25, -0.2) is 4.79 Å². The van der Waals surface area contributed by atoms with Crippen LogP contribution < -0.4 is 10.7 Å². The van der Waals surface area contributed by atoms with Gasteiger partial charge in [0.25, 0.3) is 0 Å². The number of fused-ring (bicyclic) bond motifs is 1. The zero-order valence-electron chi connectivity index (χ0n) is 11.9. The smallest absolute Gasteiger partial charge is 0.339 e. The van der Waals surface area contributed by atoms with Gasteiger partial charge in [0.05, 0.1) is 23.9 Å². The van der Waals surface area contributed by atoms with Crippen molar-refractivity contribution in [1.82, 2.24) is 4.98 Å². The van der Waals surface area contributed by atoms with Crippen molar-refractivity contribution >= 4 is 28.4 Å². The van der Waals surface area contributed by atoms with Crippen molar-refractivity contribution in [3.05, 3.63) is 70.4 Å². The molecule has 0 unspecified atom stereocenters. The van der Waals surface area contributed by atoms with Crippen LogP contribution in [0.1, 0.15) is 10.4 Å². The van der Waals surface area contributed by atoms with Crippen molar-refractivity contribution in [2.75, 3.05) is 12.4 Å². The molecule has 2 aromatic carbocycles. The lowest BCUT2D eigenvalue weighted by Gasteiger charge is -2.11. The first kappa shape index (κ1) is 13.9. The van der Waals surface area contributed by atoms with Crippen molar-refractivity contribution < 1.29 is 9.53 Å². The van der Waals surface area contributed by atoms with E-state index in [0.29, 0.717) is 22.5 Å². The lowest BCUT2D eigenvalue weighted by atomic mass is 10.1. The van der Waals surface area contributed by atoms with Crippen LogP contribution in [0.3, 0.4) is 0 Å². The normalized spacial score (nSPS) is 10.4. The summed E-state index contributed by atoms with van der Waals surface area (Å²) in [6, 6.07) is 15.7. The molecule has 2 N–H and O–H groups in total. The van der Waals surface area contributed by atoms with Gasteiger partial charge in [0.15, 0.2) is 5.43 Å². The molecule has 0 aliphatic carbocycles. The van der Waals surface area contributed by atoms with Crippen molar-refractivity contribution in [1.29, 1.82) is 0 Å². The topological polar surface area (TPSA) is 71.2 Å². The van der Waals surface area contributed by atoms with Gasteiger partial charge in [0.1, 0.15) is 5.82 Å². The van der Waals surface area contributed by atoms with Gasteiger partial charge in [0.2, 0.25) is 0 Å². The lowest BCUT2D eigenvalue weighted by molar-refractivity contribution is 0.0602. The van der Waals surface area contributed by atoms with Crippen LogP contribution in [-0.4, -0.2) is 18.1 Å². The number of anilines is 2. The predicted molar refractivity (Wildman–Crippen MR) is 85.6 cm³/mol. The van der Waals surface area contributed by atoms with Crippen LogP contribution in [0.4, 0.5) is 11.5 Å². The number of carbonyl (C=O) groups excluding carboxylic acids is 1. The van der Waals surface area contributed by atoms with Crippen LogP contribution in [0.5, 0.6) is 0 Å². The van der Waals surface area contributed by atoms with E-state index in [1.165, 1.54) is 13.2 Å². The zero-order valence-corrected chi connectivity index (χ0v) is 11.9. The summed E-state index contributed by atoms with van der Waals surface area (Å²) in [6.07, 6.45) is 0. The predicted octanol–water partition coefficient (Wildman–Crippen LogP) is 3.06. The number of nitrogens with one attached hydrogen (secondary N) is 2. The summed E-state index contributed by atoms with van der Waals surface area (Å²) in [4.78, 5) is 27.0. The molecule has 22 heavy (non-hydrogen) atoms. The third-order valence-electron chi connectivity index (χ3n) is 3.34. The Labute approximate surface area is 126 Å². The molecule has 0 amide bonds. The number of esters is 1. The Bertz CT molecular complexity index is 900. The van der Waals surface area contributed by atoms with Crippen LogP contribution in [-0.2, 0) is 4.74 Å². The van der Waals surface area contributed by atoms with E-state index in [1.807, 2.05) is 18.2 Å². The largest absolute Gasteiger partial charge is 0.465 e. The minimum Gasteiger partial charge on any atom is -0.465 e. The fraction of sp³-hybridized carbons (Fsp3) is 0.0588. The van der Waals surface area contributed by atoms with Crippen molar-refractivity contribution in [2.45, 2.75) is 0 Å². The van der Waals surface area contributed by atoms with Crippen LogP contribution in [0.25, 0.3) is 10.9 Å². The number of benzene rings is 2. The number of rotatable bonds is 3. The van der Waals surface area contributed by atoms with E-state index < -0.39 is 5.97 Å². The summed E-state index contributed by atoms with van der Waals surface area (Å²) in [5.41, 5.74) is 1.61. The first-order valence-corrected chi connectivity index (χ1v) is 6.75. The number of methoxy groups -OCH3 is 1. The highest BCUT2D eigenvalue weighted by molar-refractivity contribution is 5.96. The molecule has 1 aromatic heterocycles. The van der Waals surface area contributed by atoms with Crippen molar-refractivity contribution in [2.24, 2.45) is 0 Å². The Morgan fingerprint density at radius 3 is 2.64 bits per heavy atom. The summed E-state index contributed by atoms with van der Waals surface area (Å²) in [6.45, 7) is 0. The van der Waals surface area contributed by atoms with E-state index >= 15 is 0 Å². The monoisotopic (exact) mass is 294 g/mol. The number of aromatic amines is 1. The molecular formula is C17H14N2O3. The summed E-state index contributed by atoms with van der Waals surface area (Å²) >= 11 is 0. The highest BCUT2D eigenvalue weighted by Gasteiger charge is 2.11. The maximum atomic E-state index is 12.1. The van der Waals surface area contributed by atoms with Gasteiger partial charge >= 0.3 is 5.97 Å². The molecule has 5 nitrogen and oxygen atoms in total. The molecule has 0 spiro atoms. The Kier molecular flexibility index (Phi) is 3.62. The van der Waals surface area contributed by atoms with Gasteiger partial charge in [-0.3, -0.25) is 4.79 Å². The average molecular weight is 294 g/mol. The van der Waals surface area contributed by atoms with Gasteiger partial charge in [-0.05, 0) is 24.3 Å². The SMILES string of the molecule is COC(=O)c1ccccc1Nc1cc(=O)c2ccccc2[nH]1. The first-order valence-electron chi connectivity index (χ1n) is 6.75. The number of H-pyrrole nitrogens is 1. The second-order valence-corrected chi connectivity index (χ2v) is 4.76. The minimum atomic E-state index is -0.439. The molecule has 0 saturated heterocycles. The molecule has 0 atom stereocenters. The molecule has 3 aromatic rings. The van der Waals surface area contributed by atoms with E-state index in [-0.39, 0.29) is 5.43 Å². The van der Waals surface area contributed by atoms with Gasteiger partial charge in [-0.15, -0.1) is 0 Å². The van der Waals surface area contributed by atoms with Gasteiger partial charge in [-0.2, -0.15) is 0 Å². The number of para-hydroxylation sites is 2. The fourth-order valence-electron chi connectivity index (χ4n) is 2.29. The zero-order chi connectivity index (χ0) is 15.5. The first-order chi connectivity index (χ1) is 10.7. The van der Waals surface area contributed by atoms with Gasteiger partial charge in [0, 0.05) is 11.5 Å². The third-order valence-corrected chi connectivity index (χ3v) is 3.34. The molecule has 0 bridgehead atoms.